The third kappa shape index (κ3) is 6.11. The van der Waals surface area contributed by atoms with Gasteiger partial charge in [-0.1, -0.05) is 20.8 Å². The maximum Gasteiger partial charge on any atom is 0.220 e. The molecule has 1 fully saturated rings. The smallest absolute Gasteiger partial charge is 0.220 e. The highest BCUT2D eigenvalue weighted by Gasteiger charge is 2.16. The molecule has 3 heteroatoms. The van der Waals surface area contributed by atoms with Crippen LogP contribution in [0.3, 0.4) is 0 Å². The average Bonchev–Trinajstić information content (AvgIpc) is 2.16. The highest BCUT2D eigenvalue weighted by atomic mass is 16.1. The molecule has 1 saturated heterocycles. The van der Waals surface area contributed by atoms with Crippen LogP contribution in [-0.2, 0) is 4.79 Å². The van der Waals surface area contributed by atoms with E-state index in [1.54, 1.807) is 0 Å². The Bertz CT molecular complexity index is 214. The largest absolute Gasteiger partial charge is 0.356 e. The Kier molecular flexibility index (Phi) is 5.26. The molecule has 1 aliphatic heterocycles. The number of rotatable bonds is 4. The number of hydrogen-bond donors (Lipinski definition) is 2. The minimum absolute atomic E-state index is 0.0937. The SMILES string of the molecule is CC(C)(C)CC(=O)NCCC1CCCNC1. The van der Waals surface area contributed by atoms with Crippen LogP contribution < -0.4 is 10.6 Å². The molecule has 0 aromatic rings. The molecule has 1 unspecified atom stereocenters. The average molecular weight is 226 g/mol. The van der Waals surface area contributed by atoms with Gasteiger partial charge in [0.25, 0.3) is 0 Å². The van der Waals surface area contributed by atoms with Gasteiger partial charge in [-0.25, -0.2) is 0 Å². The molecule has 0 aromatic carbocycles. The summed E-state index contributed by atoms with van der Waals surface area (Å²) >= 11 is 0. The molecule has 0 bridgehead atoms. The van der Waals surface area contributed by atoms with Crippen LogP contribution in [-0.4, -0.2) is 25.5 Å². The molecule has 0 aliphatic carbocycles. The number of nitrogens with one attached hydrogen (secondary N) is 2. The predicted octanol–water partition coefficient (Wildman–Crippen LogP) is 1.93. The summed E-state index contributed by atoms with van der Waals surface area (Å²) in [4.78, 5) is 11.6. The predicted molar refractivity (Wildman–Crippen MR) is 67.3 cm³/mol. The molecule has 1 atom stereocenters. The van der Waals surface area contributed by atoms with Crippen molar-refractivity contribution in [3.05, 3.63) is 0 Å². The zero-order valence-electron chi connectivity index (χ0n) is 10.9. The van der Waals surface area contributed by atoms with E-state index in [0.717, 1.165) is 32.0 Å². The molecule has 94 valence electrons. The fraction of sp³-hybridized carbons (Fsp3) is 0.923. The second kappa shape index (κ2) is 6.24. The van der Waals surface area contributed by atoms with Gasteiger partial charge in [0.1, 0.15) is 0 Å². The third-order valence-electron chi connectivity index (χ3n) is 2.96. The number of amides is 1. The second-order valence-corrected chi connectivity index (χ2v) is 6.09. The van der Waals surface area contributed by atoms with Crippen molar-refractivity contribution in [2.75, 3.05) is 19.6 Å². The van der Waals surface area contributed by atoms with E-state index in [1.165, 1.54) is 12.8 Å². The van der Waals surface area contributed by atoms with Gasteiger partial charge in [-0.15, -0.1) is 0 Å². The Hall–Kier alpha value is -0.570. The maximum atomic E-state index is 11.6. The van der Waals surface area contributed by atoms with Crippen molar-refractivity contribution >= 4 is 5.91 Å². The first-order valence-corrected chi connectivity index (χ1v) is 6.45. The van der Waals surface area contributed by atoms with Crippen molar-refractivity contribution < 1.29 is 4.79 Å². The molecule has 1 amide bonds. The Morgan fingerprint density at radius 2 is 2.19 bits per heavy atom. The highest BCUT2D eigenvalue weighted by Crippen LogP contribution is 2.18. The van der Waals surface area contributed by atoms with Crippen LogP contribution in [0, 0.1) is 11.3 Å². The normalized spacial score (nSPS) is 21.8. The van der Waals surface area contributed by atoms with Gasteiger partial charge in [0.2, 0.25) is 5.91 Å². The molecule has 0 radical (unpaired) electrons. The van der Waals surface area contributed by atoms with Gasteiger partial charge in [-0.05, 0) is 43.7 Å². The van der Waals surface area contributed by atoms with Crippen molar-refractivity contribution in [2.45, 2.75) is 46.5 Å². The van der Waals surface area contributed by atoms with Crippen molar-refractivity contribution in [2.24, 2.45) is 11.3 Å². The lowest BCUT2D eigenvalue weighted by atomic mass is 9.92. The minimum Gasteiger partial charge on any atom is -0.356 e. The molecule has 3 nitrogen and oxygen atoms in total. The Morgan fingerprint density at radius 3 is 2.75 bits per heavy atom. The Morgan fingerprint density at radius 1 is 1.44 bits per heavy atom. The fourth-order valence-corrected chi connectivity index (χ4v) is 2.13. The van der Waals surface area contributed by atoms with Gasteiger partial charge in [0.05, 0.1) is 0 Å². The summed E-state index contributed by atoms with van der Waals surface area (Å²) in [6.07, 6.45) is 4.32. The monoisotopic (exact) mass is 226 g/mol. The van der Waals surface area contributed by atoms with E-state index in [1.807, 2.05) is 0 Å². The molecule has 0 aromatic heterocycles. The van der Waals surface area contributed by atoms with Crippen LogP contribution >= 0.6 is 0 Å². The number of piperidine rings is 1. The lowest BCUT2D eigenvalue weighted by Gasteiger charge is -2.23. The Balaban J connectivity index is 2.08. The summed E-state index contributed by atoms with van der Waals surface area (Å²) < 4.78 is 0. The number of carbonyl (C=O) groups excluding carboxylic acids is 1. The van der Waals surface area contributed by atoms with E-state index in [-0.39, 0.29) is 11.3 Å². The summed E-state index contributed by atoms with van der Waals surface area (Å²) in [6, 6.07) is 0. The maximum absolute atomic E-state index is 11.6. The lowest BCUT2D eigenvalue weighted by molar-refractivity contribution is -0.122. The molecule has 0 spiro atoms. The summed E-state index contributed by atoms with van der Waals surface area (Å²) in [5, 5.41) is 6.42. The first-order chi connectivity index (χ1) is 7.47. The van der Waals surface area contributed by atoms with Crippen molar-refractivity contribution in [1.29, 1.82) is 0 Å². The first kappa shape index (κ1) is 13.5. The molecule has 0 saturated carbocycles. The zero-order chi connectivity index (χ0) is 12.0. The van der Waals surface area contributed by atoms with Crippen LogP contribution in [0.15, 0.2) is 0 Å². The topological polar surface area (TPSA) is 41.1 Å². The van der Waals surface area contributed by atoms with Crippen LogP contribution in [0.1, 0.15) is 46.5 Å². The van der Waals surface area contributed by atoms with Crippen LogP contribution in [0.5, 0.6) is 0 Å². The molecule has 2 N–H and O–H groups in total. The lowest BCUT2D eigenvalue weighted by Crippen LogP contribution is -2.34. The van der Waals surface area contributed by atoms with E-state index in [0.29, 0.717) is 6.42 Å². The van der Waals surface area contributed by atoms with Gasteiger partial charge in [0.15, 0.2) is 0 Å². The molecule has 1 rings (SSSR count). The standard InChI is InChI=1S/C13H26N2O/c1-13(2,3)9-12(16)15-8-6-11-5-4-7-14-10-11/h11,14H,4-10H2,1-3H3,(H,15,16). The van der Waals surface area contributed by atoms with Gasteiger partial charge < -0.3 is 10.6 Å². The molecule has 1 aliphatic rings. The van der Waals surface area contributed by atoms with E-state index in [9.17, 15) is 4.79 Å². The van der Waals surface area contributed by atoms with Crippen LogP contribution in [0.25, 0.3) is 0 Å². The van der Waals surface area contributed by atoms with Crippen molar-refractivity contribution in [1.82, 2.24) is 10.6 Å². The van der Waals surface area contributed by atoms with Gasteiger partial charge in [-0.3, -0.25) is 4.79 Å². The summed E-state index contributed by atoms with van der Waals surface area (Å²) in [5.41, 5.74) is 0.0937. The molecular formula is C13H26N2O. The second-order valence-electron chi connectivity index (χ2n) is 6.09. The third-order valence-corrected chi connectivity index (χ3v) is 2.96. The van der Waals surface area contributed by atoms with Crippen LogP contribution in [0.2, 0.25) is 0 Å². The van der Waals surface area contributed by atoms with E-state index in [4.69, 9.17) is 0 Å². The summed E-state index contributed by atoms with van der Waals surface area (Å²) in [5.74, 6) is 0.944. The summed E-state index contributed by atoms with van der Waals surface area (Å²) in [6.45, 7) is 9.40. The fourth-order valence-electron chi connectivity index (χ4n) is 2.13. The van der Waals surface area contributed by atoms with Crippen molar-refractivity contribution in [3.63, 3.8) is 0 Å². The highest BCUT2D eigenvalue weighted by molar-refractivity contribution is 5.76. The van der Waals surface area contributed by atoms with Crippen molar-refractivity contribution in [3.8, 4) is 0 Å². The van der Waals surface area contributed by atoms with Gasteiger partial charge in [-0.2, -0.15) is 0 Å². The number of hydrogen-bond acceptors (Lipinski definition) is 2. The van der Waals surface area contributed by atoms with Gasteiger partial charge in [0, 0.05) is 13.0 Å². The Labute approximate surface area is 99.4 Å². The zero-order valence-corrected chi connectivity index (χ0v) is 10.9. The quantitative estimate of drug-likeness (QED) is 0.769. The van der Waals surface area contributed by atoms with E-state index >= 15 is 0 Å². The summed E-state index contributed by atoms with van der Waals surface area (Å²) in [7, 11) is 0. The molecule has 16 heavy (non-hydrogen) atoms. The molecule has 1 heterocycles. The van der Waals surface area contributed by atoms with Crippen LogP contribution in [0.4, 0.5) is 0 Å². The van der Waals surface area contributed by atoms with Gasteiger partial charge >= 0.3 is 0 Å². The molecular weight excluding hydrogens is 200 g/mol. The van der Waals surface area contributed by atoms with E-state index < -0.39 is 0 Å². The minimum atomic E-state index is 0.0937. The number of carbonyl (C=O) groups is 1. The first-order valence-electron chi connectivity index (χ1n) is 6.45. The van der Waals surface area contributed by atoms with E-state index in [2.05, 4.69) is 31.4 Å².